The molecule has 4 rings (SSSR count). The van der Waals surface area contributed by atoms with Gasteiger partial charge in [0.15, 0.2) is 0 Å². The minimum atomic E-state index is 0.606. The first kappa shape index (κ1) is 13.0. The van der Waals surface area contributed by atoms with Crippen LogP contribution in [0.1, 0.15) is 37.4 Å². The summed E-state index contributed by atoms with van der Waals surface area (Å²) in [5.41, 5.74) is 2.28. The molecule has 0 amide bonds. The predicted molar refractivity (Wildman–Crippen MR) is 85.8 cm³/mol. The lowest BCUT2D eigenvalue weighted by Gasteiger charge is -2.09. The summed E-state index contributed by atoms with van der Waals surface area (Å²) in [5.74, 6) is 0. The third-order valence-corrected chi connectivity index (χ3v) is 4.78. The molecule has 0 unspecified atom stereocenters. The number of benzene rings is 1. The Hall–Kier alpha value is -1.74. The van der Waals surface area contributed by atoms with Crippen LogP contribution in [-0.2, 0) is 6.54 Å². The number of hydrogen-bond acceptors (Lipinski definition) is 1. The molecule has 0 spiro atoms. The molecule has 0 aliphatic heterocycles. The average molecular weight is 300 g/mol. The minimum absolute atomic E-state index is 0.606. The molecule has 1 saturated carbocycles. The van der Waals surface area contributed by atoms with E-state index in [4.69, 9.17) is 16.7 Å². The van der Waals surface area contributed by atoms with Crippen LogP contribution in [0, 0.1) is 0 Å². The van der Waals surface area contributed by atoms with E-state index in [9.17, 15) is 0 Å². The van der Waals surface area contributed by atoms with E-state index >= 15 is 0 Å². The van der Waals surface area contributed by atoms with E-state index in [1.54, 1.807) is 0 Å². The Morgan fingerprint density at radius 1 is 1.10 bits per heavy atom. The Kier molecular flexibility index (Phi) is 3.23. The topological polar surface area (TPSA) is 22.8 Å². The van der Waals surface area contributed by atoms with E-state index in [0.717, 1.165) is 28.2 Å². The number of halogens is 1. The van der Waals surface area contributed by atoms with Gasteiger partial charge in [-0.1, -0.05) is 30.5 Å². The fourth-order valence-electron chi connectivity index (χ4n) is 3.33. The molecular weight excluding hydrogens is 282 g/mol. The highest BCUT2D eigenvalue weighted by atomic mass is 35.5. The second-order valence-corrected chi connectivity index (χ2v) is 6.25. The van der Waals surface area contributed by atoms with Crippen molar-refractivity contribution in [3.63, 3.8) is 0 Å². The van der Waals surface area contributed by atoms with Crippen molar-refractivity contribution in [3.8, 4) is 0 Å². The largest absolute Gasteiger partial charge is 0.341 e. The predicted octanol–water partition coefficient (Wildman–Crippen LogP) is 4.65. The van der Waals surface area contributed by atoms with Crippen molar-refractivity contribution in [2.75, 3.05) is 0 Å². The fraction of sp³-hybridized carbons (Fsp3) is 0.353. The van der Waals surface area contributed by atoms with Crippen molar-refractivity contribution in [2.45, 2.75) is 38.3 Å². The number of nitrogens with zero attached hydrogens (tertiary/aromatic N) is 3. The quantitative estimate of drug-likeness (QED) is 0.690. The van der Waals surface area contributed by atoms with Gasteiger partial charge < -0.3 is 4.57 Å². The first-order valence-electron chi connectivity index (χ1n) is 7.59. The molecule has 2 heterocycles. The van der Waals surface area contributed by atoms with Gasteiger partial charge in [-0.2, -0.15) is 5.10 Å². The maximum Gasteiger partial charge on any atom is 0.0821 e. The molecule has 1 aliphatic rings. The SMILES string of the molecule is Clc1cccc2c1ccn2Cc1ccn(C2CCCC2)n1. The van der Waals surface area contributed by atoms with Crippen LogP contribution in [0.25, 0.3) is 10.9 Å². The molecule has 3 nitrogen and oxygen atoms in total. The van der Waals surface area contributed by atoms with E-state index in [1.165, 1.54) is 25.7 Å². The average Bonchev–Trinajstić information content (AvgIpc) is 3.20. The maximum absolute atomic E-state index is 6.23. The van der Waals surface area contributed by atoms with Crippen LogP contribution in [0.5, 0.6) is 0 Å². The molecule has 3 aromatic rings. The number of rotatable bonds is 3. The van der Waals surface area contributed by atoms with Gasteiger partial charge in [-0.3, -0.25) is 4.68 Å². The summed E-state index contributed by atoms with van der Waals surface area (Å²) in [7, 11) is 0. The van der Waals surface area contributed by atoms with Gasteiger partial charge in [-0.05, 0) is 37.1 Å². The van der Waals surface area contributed by atoms with Crippen LogP contribution in [0.3, 0.4) is 0 Å². The summed E-state index contributed by atoms with van der Waals surface area (Å²) >= 11 is 6.23. The minimum Gasteiger partial charge on any atom is -0.341 e. The molecule has 0 radical (unpaired) electrons. The Balaban J connectivity index is 1.61. The lowest BCUT2D eigenvalue weighted by molar-refractivity contribution is 0.462. The van der Waals surface area contributed by atoms with Crippen LogP contribution in [0.2, 0.25) is 5.02 Å². The van der Waals surface area contributed by atoms with Gasteiger partial charge in [0.25, 0.3) is 0 Å². The third-order valence-electron chi connectivity index (χ3n) is 4.46. The molecule has 108 valence electrons. The smallest absolute Gasteiger partial charge is 0.0821 e. The van der Waals surface area contributed by atoms with Gasteiger partial charge in [0.1, 0.15) is 0 Å². The zero-order valence-corrected chi connectivity index (χ0v) is 12.6. The zero-order chi connectivity index (χ0) is 14.2. The summed E-state index contributed by atoms with van der Waals surface area (Å²) < 4.78 is 4.36. The molecule has 1 aromatic carbocycles. The Morgan fingerprint density at radius 2 is 1.95 bits per heavy atom. The third kappa shape index (κ3) is 2.36. The van der Waals surface area contributed by atoms with Crippen LogP contribution in [0.4, 0.5) is 0 Å². The van der Waals surface area contributed by atoms with Crippen molar-refractivity contribution >= 4 is 22.5 Å². The molecule has 4 heteroatoms. The van der Waals surface area contributed by atoms with Gasteiger partial charge >= 0.3 is 0 Å². The first-order chi connectivity index (χ1) is 10.3. The van der Waals surface area contributed by atoms with Crippen molar-refractivity contribution in [1.29, 1.82) is 0 Å². The fourth-order valence-corrected chi connectivity index (χ4v) is 3.56. The molecule has 1 aliphatic carbocycles. The number of hydrogen-bond donors (Lipinski definition) is 0. The van der Waals surface area contributed by atoms with E-state index in [0.29, 0.717) is 6.04 Å². The van der Waals surface area contributed by atoms with Gasteiger partial charge in [-0.25, -0.2) is 0 Å². The second-order valence-electron chi connectivity index (χ2n) is 5.84. The van der Waals surface area contributed by atoms with Gasteiger partial charge in [0, 0.05) is 28.3 Å². The molecular formula is C17H18ClN3. The Bertz CT molecular complexity index is 765. The van der Waals surface area contributed by atoms with E-state index in [1.807, 2.05) is 12.1 Å². The first-order valence-corrected chi connectivity index (χ1v) is 7.96. The lowest BCUT2D eigenvalue weighted by atomic mass is 10.2. The summed E-state index contributed by atoms with van der Waals surface area (Å²) in [6.45, 7) is 0.795. The summed E-state index contributed by atoms with van der Waals surface area (Å²) in [4.78, 5) is 0. The van der Waals surface area contributed by atoms with Crippen molar-refractivity contribution in [2.24, 2.45) is 0 Å². The van der Waals surface area contributed by atoms with E-state index < -0.39 is 0 Å². The monoisotopic (exact) mass is 299 g/mol. The second kappa shape index (κ2) is 5.23. The van der Waals surface area contributed by atoms with Crippen molar-refractivity contribution in [1.82, 2.24) is 14.3 Å². The molecule has 21 heavy (non-hydrogen) atoms. The van der Waals surface area contributed by atoms with Crippen molar-refractivity contribution in [3.05, 3.63) is 53.4 Å². The Labute approximate surface area is 129 Å². The molecule has 0 atom stereocenters. The zero-order valence-electron chi connectivity index (χ0n) is 11.9. The molecule has 0 saturated heterocycles. The van der Waals surface area contributed by atoms with Gasteiger partial charge in [0.05, 0.1) is 18.3 Å². The lowest BCUT2D eigenvalue weighted by Crippen LogP contribution is -2.06. The van der Waals surface area contributed by atoms with E-state index in [2.05, 4.69) is 39.8 Å². The highest BCUT2D eigenvalue weighted by Crippen LogP contribution is 2.29. The highest BCUT2D eigenvalue weighted by Gasteiger charge is 2.17. The molecule has 1 fully saturated rings. The van der Waals surface area contributed by atoms with Crippen molar-refractivity contribution < 1.29 is 0 Å². The van der Waals surface area contributed by atoms with Gasteiger partial charge in [-0.15, -0.1) is 0 Å². The molecule has 0 N–H and O–H groups in total. The summed E-state index contributed by atoms with van der Waals surface area (Å²) in [6, 6.07) is 10.9. The summed E-state index contributed by atoms with van der Waals surface area (Å²) in [5, 5.41) is 6.67. The normalized spacial score (nSPS) is 16.0. The number of fused-ring (bicyclic) bond motifs is 1. The maximum atomic E-state index is 6.23. The molecule has 2 aromatic heterocycles. The summed E-state index contributed by atoms with van der Waals surface area (Å²) in [6.07, 6.45) is 9.42. The highest BCUT2D eigenvalue weighted by molar-refractivity contribution is 6.35. The standard InChI is InChI=1S/C17H18ClN3/c18-16-6-3-7-17-15(16)9-10-20(17)12-13-8-11-21(19-13)14-4-1-2-5-14/h3,6-11,14H,1-2,4-5,12H2. The number of aromatic nitrogens is 3. The van der Waals surface area contributed by atoms with Gasteiger partial charge in [0.2, 0.25) is 0 Å². The van der Waals surface area contributed by atoms with Crippen LogP contribution >= 0.6 is 11.6 Å². The van der Waals surface area contributed by atoms with Crippen LogP contribution in [0.15, 0.2) is 42.7 Å². The van der Waals surface area contributed by atoms with Crippen LogP contribution in [-0.4, -0.2) is 14.3 Å². The van der Waals surface area contributed by atoms with E-state index in [-0.39, 0.29) is 0 Å². The Morgan fingerprint density at radius 3 is 2.81 bits per heavy atom. The molecule has 0 bridgehead atoms. The van der Waals surface area contributed by atoms with Crippen LogP contribution < -0.4 is 0 Å².